The van der Waals surface area contributed by atoms with Gasteiger partial charge in [-0.3, -0.25) is 4.79 Å². The molecule has 23 heavy (non-hydrogen) atoms. The lowest BCUT2D eigenvalue weighted by Gasteiger charge is -2.19. The monoisotopic (exact) mass is 311 g/mol. The number of amides is 1. The Hall–Kier alpha value is -2.47. The van der Waals surface area contributed by atoms with E-state index in [1.54, 1.807) is 11.1 Å². The molecule has 2 atom stereocenters. The van der Waals surface area contributed by atoms with Crippen LogP contribution in [0, 0.1) is 6.92 Å². The second kappa shape index (κ2) is 5.96. The number of carbonyl (C=O) groups excluding carboxylic acids is 1. The number of hydrogen-bond donors (Lipinski definition) is 2. The molecule has 6 heteroatoms. The zero-order valence-corrected chi connectivity index (χ0v) is 13.6. The average Bonchev–Trinajstić information content (AvgIpc) is 2.83. The van der Waals surface area contributed by atoms with Crippen LogP contribution in [0.1, 0.15) is 33.2 Å². The van der Waals surface area contributed by atoms with Crippen molar-refractivity contribution in [3.8, 4) is 0 Å². The van der Waals surface area contributed by atoms with Gasteiger partial charge in [-0.15, -0.1) is 0 Å². The maximum Gasteiger partial charge on any atom is 0.254 e. The molecule has 3 rings (SSSR count). The van der Waals surface area contributed by atoms with E-state index in [1.807, 2.05) is 39.2 Å². The first kappa shape index (κ1) is 15.4. The van der Waals surface area contributed by atoms with Gasteiger partial charge in [0.25, 0.3) is 5.91 Å². The van der Waals surface area contributed by atoms with Gasteiger partial charge in [0, 0.05) is 20.3 Å². The van der Waals surface area contributed by atoms with Gasteiger partial charge in [0.2, 0.25) is 5.95 Å². The molecular weight excluding hydrogens is 290 g/mol. The van der Waals surface area contributed by atoms with Crippen molar-refractivity contribution >= 4 is 11.9 Å². The number of aryl methyl sites for hydroxylation is 1. The molecule has 1 amide bonds. The standard InChI is InChI=1S/C17H21N5O/c1-10-13(9-19-17(20-10)22(2)3)16(23)21-14-8-11-6-4-5-7-12(11)15(14)18/h4-7,9,14-15H,8,18H2,1-3H3,(H,21,23). The molecule has 1 aliphatic carbocycles. The summed E-state index contributed by atoms with van der Waals surface area (Å²) in [6, 6.07) is 7.76. The second-order valence-corrected chi connectivity index (χ2v) is 6.07. The zero-order valence-electron chi connectivity index (χ0n) is 13.6. The SMILES string of the molecule is Cc1nc(N(C)C)ncc1C(=O)NC1Cc2ccccc2C1N. The van der Waals surface area contributed by atoms with Gasteiger partial charge < -0.3 is 16.0 Å². The van der Waals surface area contributed by atoms with Gasteiger partial charge in [-0.05, 0) is 24.5 Å². The van der Waals surface area contributed by atoms with Crippen LogP contribution in [0.2, 0.25) is 0 Å². The van der Waals surface area contributed by atoms with Gasteiger partial charge >= 0.3 is 0 Å². The highest BCUT2D eigenvalue weighted by atomic mass is 16.1. The fraction of sp³-hybridized carbons (Fsp3) is 0.353. The minimum Gasteiger partial charge on any atom is -0.347 e. The van der Waals surface area contributed by atoms with Crippen LogP contribution in [0.4, 0.5) is 5.95 Å². The lowest BCUT2D eigenvalue weighted by atomic mass is 10.1. The highest BCUT2D eigenvalue weighted by Crippen LogP contribution is 2.29. The summed E-state index contributed by atoms with van der Waals surface area (Å²) < 4.78 is 0. The number of aromatic nitrogens is 2. The molecular formula is C17H21N5O. The van der Waals surface area contributed by atoms with Crippen LogP contribution in [0.3, 0.4) is 0 Å². The van der Waals surface area contributed by atoms with Crippen LogP contribution >= 0.6 is 0 Å². The molecule has 3 N–H and O–H groups in total. The lowest BCUT2D eigenvalue weighted by molar-refractivity contribution is 0.0932. The lowest BCUT2D eigenvalue weighted by Crippen LogP contribution is -2.41. The summed E-state index contributed by atoms with van der Waals surface area (Å²) in [5, 5.41) is 3.02. The number of rotatable bonds is 3. The third kappa shape index (κ3) is 2.90. The van der Waals surface area contributed by atoms with Gasteiger partial charge in [0.15, 0.2) is 0 Å². The van der Waals surface area contributed by atoms with E-state index in [4.69, 9.17) is 5.73 Å². The number of hydrogen-bond acceptors (Lipinski definition) is 5. The predicted octanol–water partition coefficient (Wildman–Crippen LogP) is 1.21. The van der Waals surface area contributed by atoms with E-state index in [0.29, 0.717) is 17.2 Å². The molecule has 120 valence electrons. The van der Waals surface area contributed by atoms with Crippen LogP contribution in [0.25, 0.3) is 0 Å². The zero-order chi connectivity index (χ0) is 16.6. The Labute approximate surface area is 135 Å². The summed E-state index contributed by atoms with van der Waals surface area (Å²) in [5.41, 5.74) is 9.71. The summed E-state index contributed by atoms with van der Waals surface area (Å²) in [6.45, 7) is 1.81. The van der Waals surface area contributed by atoms with Crippen LogP contribution in [-0.4, -0.2) is 36.0 Å². The third-order valence-corrected chi connectivity index (χ3v) is 4.22. The Morgan fingerprint density at radius 3 is 2.74 bits per heavy atom. The minimum atomic E-state index is -0.183. The van der Waals surface area contributed by atoms with E-state index in [9.17, 15) is 4.79 Å². The van der Waals surface area contributed by atoms with Crippen molar-refractivity contribution in [1.29, 1.82) is 0 Å². The molecule has 1 aromatic heterocycles. The Bertz CT molecular complexity index is 744. The molecule has 0 spiro atoms. The highest BCUT2D eigenvalue weighted by molar-refractivity contribution is 5.95. The molecule has 1 aromatic carbocycles. The Kier molecular flexibility index (Phi) is 4.00. The third-order valence-electron chi connectivity index (χ3n) is 4.22. The second-order valence-electron chi connectivity index (χ2n) is 6.07. The fourth-order valence-electron chi connectivity index (χ4n) is 2.91. The maximum atomic E-state index is 12.5. The molecule has 1 heterocycles. The maximum absolute atomic E-state index is 12.5. The molecule has 0 radical (unpaired) electrons. The predicted molar refractivity (Wildman–Crippen MR) is 89.4 cm³/mol. The summed E-state index contributed by atoms with van der Waals surface area (Å²) in [5.74, 6) is 0.407. The van der Waals surface area contributed by atoms with E-state index in [1.165, 1.54) is 5.56 Å². The molecule has 2 aromatic rings. The quantitative estimate of drug-likeness (QED) is 0.890. The first-order valence-electron chi connectivity index (χ1n) is 7.62. The molecule has 6 nitrogen and oxygen atoms in total. The number of carbonyl (C=O) groups is 1. The normalized spacial score (nSPS) is 19.3. The summed E-state index contributed by atoms with van der Waals surface area (Å²) >= 11 is 0. The van der Waals surface area contributed by atoms with E-state index in [0.717, 1.165) is 12.0 Å². The van der Waals surface area contributed by atoms with Crippen molar-refractivity contribution < 1.29 is 4.79 Å². The fourth-order valence-corrected chi connectivity index (χ4v) is 2.91. The molecule has 0 fully saturated rings. The Morgan fingerprint density at radius 1 is 1.35 bits per heavy atom. The van der Waals surface area contributed by atoms with E-state index >= 15 is 0 Å². The number of anilines is 1. The average molecular weight is 311 g/mol. The van der Waals surface area contributed by atoms with Crippen LogP contribution in [0.5, 0.6) is 0 Å². The van der Waals surface area contributed by atoms with Crippen molar-refractivity contribution in [3.05, 3.63) is 52.8 Å². The molecule has 0 bridgehead atoms. The summed E-state index contributed by atoms with van der Waals surface area (Å²) in [7, 11) is 3.73. The van der Waals surface area contributed by atoms with Gasteiger partial charge in [-0.1, -0.05) is 24.3 Å². The number of benzene rings is 1. The van der Waals surface area contributed by atoms with Crippen LogP contribution in [0.15, 0.2) is 30.5 Å². The van der Waals surface area contributed by atoms with Crippen molar-refractivity contribution in [2.24, 2.45) is 5.73 Å². The molecule has 2 unspecified atom stereocenters. The first-order valence-corrected chi connectivity index (χ1v) is 7.62. The number of nitrogens with one attached hydrogen (secondary N) is 1. The van der Waals surface area contributed by atoms with Crippen LogP contribution < -0.4 is 16.0 Å². The topological polar surface area (TPSA) is 84.1 Å². The van der Waals surface area contributed by atoms with Crippen molar-refractivity contribution in [2.75, 3.05) is 19.0 Å². The number of fused-ring (bicyclic) bond motifs is 1. The van der Waals surface area contributed by atoms with Gasteiger partial charge in [0.05, 0.1) is 23.3 Å². The van der Waals surface area contributed by atoms with Gasteiger partial charge in [-0.2, -0.15) is 0 Å². The minimum absolute atomic E-state index is 0.104. The molecule has 1 aliphatic rings. The number of nitrogens with two attached hydrogens (primary N) is 1. The van der Waals surface area contributed by atoms with Crippen molar-refractivity contribution in [3.63, 3.8) is 0 Å². The molecule has 0 saturated heterocycles. The smallest absolute Gasteiger partial charge is 0.254 e. The molecule has 0 saturated carbocycles. The number of nitrogens with zero attached hydrogens (tertiary/aromatic N) is 3. The highest BCUT2D eigenvalue weighted by Gasteiger charge is 2.31. The Morgan fingerprint density at radius 2 is 2.09 bits per heavy atom. The van der Waals surface area contributed by atoms with Gasteiger partial charge in [0.1, 0.15) is 0 Å². The van der Waals surface area contributed by atoms with Crippen molar-refractivity contribution in [2.45, 2.75) is 25.4 Å². The van der Waals surface area contributed by atoms with E-state index in [2.05, 4.69) is 21.4 Å². The Balaban J connectivity index is 1.76. The largest absolute Gasteiger partial charge is 0.347 e. The van der Waals surface area contributed by atoms with Crippen molar-refractivity contribution in [1.82, 2.24) is 15.3 Å². The first-order chi connectivity index (χ1) is 11.0. The van der Waals surface area contributed by atoms with E-state index < -0.39 is 0 Å². The van der Waals surface area contributed by atoms with Crippen LogP contribution in [-0.2, 0) is 6.42 Å². The van der Waals surface area contributed by atoms with Gasteiger partial charge in [-0.25, -0.2) is 9.97 Å². The van der Waals surface area contributed by atoms with E-state index in [-0.39, 0.29) is 18.0 Å². The summed E-state index contributed by atoms with van der Waals surface area (Å²) in [4.78, 5) is 22.9. The molecule has 0 aliphatic heterocycles. The summed E-state index contributed by atoms with van der Waals surface area (Å²) in [6.07, 6.45) is 2.32.